The zero-order valence-electron chi connectivity index (χ0n) is 10.4. The van der Waals surface area contributed by atoms with E-state index in [4.69, 9.17) is 4.74 Å². The van der Waals surface area contributed by atoms with Crippen molar-refractivity contribution in [3.05, 3.63) is 29.8 Å². The highest BCUT2D eigenvalue weighted by Gasteiger charge is 2.37. The highest BCUT2D eigenvalue weighted by atomic mass is 16.5. The first-order valence-electron chi connectivity index (χ1n) is 6.13. The van der Waals surface area contributed by atoms with Gasteiger partial charge in [0, 0.05) is 6.04 Å². The highest BCUT2D eigenvalue weighted by Crippen LogP contribution is 2.43. The van der Waals surface area contributed by atoms with Crippen molar-refractivity contribution >= 4 is 0 Å². The van der Waals surface area contributed by atoms with Crippen LogP contribution in [0.25, 0.3) is 0 Å². The molecule has 1 N–H and O–H groups in total. The van der Waals surface area contributed by atoms with E-state index in [0.717, 1.165) is 18.2 Å². The van der Waals surface area contributed by atoms with E-state index in [0.29, 0.717) is 12.0 Å². The first-order valence-corrected chi connectivity index (χ1v) is 6.13. The van der Waals surface area contributed by atoms with Crippen LogP contribution in [0.4, 0.5) is 0 Å². The summed E-state index contributed by atoms with van der Waals surface area (Å²) in [6.07, 6.45) is 1.25. The summed E-state index contributed by atoms with van der Waals surface area (Å²) in [4.78, 5) is 0. The van der Waals surface area contributed by atoms with Crippen molar-refractivity contribution in [2.45, 2.75) is 32.2 Å². The number of hydrogen-bond donors (Lipinski definition) is 1. The lowest BCUT2D eigenvalue weighted by Gasteiger charge is -2.43. The number of methoxy groups -OCH3 is 1. The van der Waals surface area contributed by atoms with Gasteiger partial charge < -0.3 is 10.1 Å². The molecular formula is C14H21NO. The van der Waals surface area contributed by atoms with Crippen molar-refractivity contribution in [2.75, 3.05) is 13.7 Å². The maximum absolute atomic E-state index is 5.27. The van der Waals surface area contributed by atoms with Gasteiger partial charge in [-0.15, -0.1) is 0 Å². The van der Waals surface area contributed by atoms with Crippen molar-refractivity contribution in [3.8, 4) is 5.75 Å². The Bertz CT molecular complexity index is 350. The number of rotatable bonds is 4. The molecule has 0 saturated heterocycles. The van der Waals surface area contributed by atoms with Crippen LogP contribution < -0.4 is 10.1 Å². The Morgan fingerprint density at radius 2 is 2.25 bits per heavy atom. The predicted molar refractivity (Wildman–Crippen MR) is 67.0 cm³/mol. The third kappa shape index (κ3) is 2.07. The van der Waals surface area contributed by atoms with Gasteiger partial charge >= 0.3 is 0 Å². The van der Waals surface area contributed by atoms with Gasteiger partial charge in [0.15, 0.2) is 0 Å². The average Bonchev–Trinajstić information content (AvgIpc) is 2.33. The summed E-state index contributed by atoms with van der Waals surface area (Å²) in [5, 5.41) is 3.53. The molecule has 0 aliphatic heterocycles. The summed E-state index contributed by atoms with van der Waals surface area (Å²) in [5.41, 5.74) is 1.42. The van der Waals surface area contributed by atoms with Crippen LogP contribution in [0.1, 0.15) is 31.7 Å². The average molecular weight is 219 g/mol. The van der Waals surface area contributed by atoms with E-state index in [1.54, 1.807) is 7.11 Å². The van der Waals surface area contributed by atoms with E-state index in [9.17, 15) is 0 Å². The second kappa shape index (κ2) is 4.88. The molecule has 2 rings (SSSR count). The summed E-state index contributed by atoms with van der Waals surface area (Å²) in [7, 11) is 1.73. The summed E-state index contributed by atoms with van der Waals surface area (Å²) < 4.78 is 5.27. The fourth-order valence-corrected chi connectivity index (χ4v) is 2.63. The highest BCUT2D eigenvalue weighted by molar-refractivity contribution is 5.33. The number of hydrogen-bond acceptors (Lipinski definition) is 2. The second-order valence-electron chi connectivity index (χ2n) is 4.64. The van der Waals surface area contributed by atoms with E-state index in [2.05, 4.69) is 37.4 Å². The lowest BCUT2D eigenvalue weighted by atomic mass is 9.67. The largest absolute Gasteiger partial charge is 0.497 e. The topological polar surface area (TPSA) is 21.3 Å². The first kappa shape index (κ1) is 11.5. The fourth-order valence-electron chi connectivity index (χ4n) is 2.63. The van der Waals surface area contributed by atoms with Gasteiger partial charge in [0.2, 0.25) is 0 Å². The minimum absolute atomic E-state index is 0.694. The molecule has 1 saturated carbocycles. The molecule has 88 valence electrons. The third-order valence-corrected chi connectivity index (χ3v) is 3.77. The van der Waals surface area contributed by atoms with Gasteiger partial charge in [0.05, 0.1) is 7.11 Å². The van der Waals surface area contributed by atoms with Gasteiger partial charge in [-0.3, -0.25) is 0 Å². The van der Waals surface area contributed by atoms with Crippen molar-refractivity contribution in [3.63, 3.8) is 0 Å². The standard InChI is InChI=1S/C14H21NO/c1-4-15-14-9-13(10(14)2)11-6-5-7-12(8-11)16-3/h5-8,10,13-15H,4,9H2,1-3H3. The normalized spacial score (nSPS) is 28.6. The van der Waals surface area contributed by atoms with Crippen LogP contribution >= 0.6 is 0 Å². The molecule has 0 amide bonds. The van der Waals surface area contributed by atoms with Gasteiger partial charge in [0.25, 0.3) is 0 Å². The summed E-state index contributed by atoms with van der Waals surface area (Å²) >= 11 is 0. The SMILES string of the molecule is CCNC1CC(c2cccc(OC)c2)C1C. The van der Waals surface area contributed by atoms with Crippen molar-refractivity contribution in [2.24, 2.45) is 5.92 Å². The number of benzene rings is 1. The molecule has 1 aromatic carbocycles. The van der Waals surface area contributed by atoms with Gasteiger partial charge in [-0.2, -0.15) is 0 Å². The van der Waals surface area contributed by atoms with Gasteiger partial charge in [-0.1, -0.05) is 26.0 Å². The lowest BCUT2D eigenvalue weighted by Crippen LogP contribution is -2.47. The molecule has 0 spiro atoms. The monoisotopic (exact) mass is 219 g/mol. The fraction of sp³-hybridized carbons (Fsp3) is 0.571. The minimum Gasteiger partial charge on any atom is -0.497 e. The summed E-state index contributed by atoms with van der Waals surface area (Å²) in [6.45, 7) is 5.58. The molecule has 0 heterocycles. The van der Waals surface area contributed by atoms with E-state index < -0.39 is 0 Å². The van der Waals surface area contributed by atoms with Gasteiger partial charge in [0.1, 0.15) is 5.75 Å². The van der Waals surface area contributed by atoms with Crippen molar-refractivity contribution in [1.29, 1.82) is 0 Å². The quantitative estimate of drug-likeness (QED) is 0.840. The Labute approximate surface area is 98.0 Å². The molecule has 3 unspecified atom stereocenters. The van der Waals surface area contributed by atoms with Crippen molar-refractivity contribution < 1.29 is 4.74 Å². The summed E-state index contributed by atoms with van der Waals surface area (Å²) in [6, 6.07) is 9.17. The maximum atomic E-state index is 5.27. The molecule has 2 nitrogen and oxygen atoms in total. The van der Waals surface area contributed by atoms with Gasteiger partial charge in [-0.25, -0.2) is 0 Å². The van der Waals surface area contributed by atoms with E-state index in [1.165, 1.54) is 12.0 Å². The number of ether oxygens (including phenoxy) is 1. The molecule has 0 radical (unpaired) electrons. The summed E-state index contributed by atoms with van der Waals surface area (Å²) in [5.74, 6) is 2.39. The molecule has 1 aliphatic rings. The van der Waals surface area contributed by atoms with Crippen LogP contribution in [0.2, 0.25) is 0 Å². The van der Waals surface area contributed by atoms with Crippen LogP contribution in [0.15, 0.2) is 24.3 Å². The van der Waals surface area contributed by atoms with Gasteiger partial charge in [-0.05, 0) is 42.5 Å². The Morgan fingerprint density at radius 1 is 1.44 bits per heavy atom. The van der Waals surface area contributed by atoms with E-state index in [-0.39, 0.29) is 0 Å². The van der Waals surface area contributed by atoms with Crippen LogP contribution in [-0.4, -0.2) is 19.7 Å². The Balaban J connectivity index is 2.04. The second-order valence-corrected chi connectivity index (χ2v) is 4.64. The van der Waals surface area contributed by atoms with Crippen LogP contribution in [0, 0.1) is 5.92 Å². The van der Waals surface area contributed by atoms with Crippen LogP contribution in [0.5, 0.6) is 5.75 Å². The first-order chi connectivity index (χ1) is 7.76. The third-order valence-electron chi connectivity index (χ3n) is 3.77. The van der Waals surface area contributed by atoms with Crippen LogP contribution in [0.3, 0.4) is 0 Å². The Kier molecular flexibility index (Phi) is 3.49. The maximum Gasteiger partial charge on any atom is 0.119 e. The molecule has 16 heavy (non-hydrogen) atoms. The lowest BCUT2D eigenvalue weighted by molar-refractivity contribution is 0.187. The molecular weight excluding hydrogens is 198 g/mol. The molecule has 1 aromatic rings. The van der Waals surface area contributed by atoms with Crippen molar-refractivity contribution in [1.82, 2.24) is 5.32 Å². The molecule has 0 bridgehead atoms. The van der Waals surface area contributed by atoms with E-state index in [1.807, 2.05) is 6.07 Å². The Hall–Kier alpha value is -1.02. The van der Waals surface area contributed by atoms with Crippen LogP contribution in [-0.2, 0) is 0 Å². The van der Waals surface area contributed by atoms with E-state index >= 15 is 0 Å². The zero-order chi connectivity index (χ0) is 11.5. The molecule has 3 atom stereocenters. The molecule has 2 heteroatoms. The molecule has 0 aromatic heterocycles. The zero-order valence-corrected chi connectivity index (χ0v) is 10.4. The predicted octanol–water partition coefficient (Wildman–Crippen LogP) is 2.80. The minimum atomic E-state index is 0.694. The smallest absolute Gasteiger partial charge is 0.119 e. The number of nitrogens with one attached hydrogen (secondary N) is 1. The Morgan fingerprint density at radius 3 is 2.88 bits per heavy atom. The molecule has 1 fully saturated rings. The molecule has 1 aliphatic carbocycles.